The summed E-state index contributed by atoms with van der Waals surface area (Å²) >= 11 is 0. The molecule has 2 rings (SSSR count). The molecule has 0 spiro atoms. The van der Waals surface area contributed by atoms with Gasteiger partial charge in [0.25, 0.3) is 0 Å². The fourth-order valence-corrected chi connectivity index (χ4v) is 2.10. The first-order valence-electron chi connectivity index (χ1n) is 5.09. The Morgan fingerprint density at radius 3 is 2.87 bits per heavy atom. The van der Waals surface area contributed by atoms with Gasteiger partial charge in [-0.3, -0.25) is 9.59 Å². The minimum absolute atomic E-state index is 0.0654. The van der Waals surface area contributed by atoms with Crippen molar-refractivity contribution in [1.29, 1.82) is 0 Å². The van der Waals surface area contributed by atoms with Crippen LogP contribution in [0.5, 0.6) is 0 Å². The fourth-order valence-electron chi connectivity index (χ4n) is 2.10. The van der Waals surface area contributed by atoms with Crippen molar-refractivity contribution >= 4 is 11.7 Å². The first-order chi connectivity index (χ1) is 7.18. The number of aryl methyl sites for hydroxylation is 1. The Balaban J connectivity index is 2.26. The van der Waals surface area contributed by atoms with Gasteiger partial charge in [-0.15, -0.1) is 0 Å². The number of benzene rings is 1. The summed E-state index contributed by atoms with van der Waals surface area (Å²) in [6, 6.07) is 7.57. The molecule has 1 unspecified atom stereocenters. The van der Waals surface area contributed by atoms with Crippen LogP contribution in [0.2, 0.25) is 0 Å². The first-order valence-corrected chi connectivity index (χ1v) is 5.09. The summed E-state index contributed by atoms with van der Waals surface area (Å²) in [4.78, 5) is 22.7. The number of primary amides is 1. The van der Waals surface area contributed by atoms with Gasteiger partial charge in [0.1, 0.15) is 0 Å². The topological polar surface area (TPSA) is 60.2 Å². The molecule has 2 N–H and O–H groups in total. The molecule has 0 saturated carbocycles. The van der Waals surface area contributed by atoms with Gasteiger partial charge in [-0.25, -0.2) is 0 Å². The lowest BCUT2D eigenvalue weighted by Gasteiger charge is -2.21. The fraction of sp³-hybridized carbons (Fsp3) is 0.333. The van der Waals surface area contributed by atoms with Crippen molar-refractivity contribution < 1.29 is 9.59 Å². The Hall–Kier alpha value is -1.64. The largest absolute Gasteiger partial charge is 0.370 e. The Morgan fingerprint density at radius 2 is 2.13 bits per heavy atom. The van der Waals surface area contributed by atoms with Crippen molar-refractivity contribution in [3.05, 3.63) is 35.4 Å². The standard InChI is InChI=1S/C12H13NO2/c13-11(14)7-9-6-5-8-3-1-2-4-10(8)12(9)15/h1-4,9H,5-7H2,(H2,13,14). The number of Topliss-reactive ketones (excluding diaryl/α,β-unsaturated/α-hetero) is 1. The van der Waals surface area contributed by atoms with Gasteiger partial charge in [-0.2, -0.15) is 0 Å². The minimum atomic E-state index is -0.396. The van der Waals surface area contributed by atoms with Crippen molar-refractivity contribution in [3.63, 3.8) is 0 Å². The van der Waals surface area contributed by atoms with Crippen LogP contribution in [0.25, 0.3) is 0 Å². The van der Waals surface area contributed by atoms with Gasteiger partial charge in [0, 0.05) is 17.9 Å². The average molecular weight is 203 g/mol. The molecule has 15 heavy (non-hydrogen) atoms. The number of nitrogens with two attached hydrogens (primary N) is 1. The van der Waals surface area contributed by atoms with Crippen LogP contribution in [-0.2, 0) is 11.2 Å². The highest BCUT2D eigenvalue weighted by Crippen LogP contribution is 2.27. The molecule has 1 amide bonds. The number of fused-ring (bicyclic) bond motifs is 1. The molecule has 1 aliphatic rings. The smallest absolute Gasteiger partial charge is 0.218 e. The second-order valence-corrected chi connectivity index (χ2v) is 3.93. The highest BCUT2D eigenvalue weighted by atomic mass is 16.1. The summed E-state index contributed by atoms with van der Waals surface area (Å²) < 4.78 is 0. The number of carbonyl (C=O) groups excluding carboxylic acids is 2. The van der Waals surface area contributed by atoms with E-state index in [1.165, 1.54) is 0 Å². The third-order valence-corrected chi connectivity index (χ3v) is 2.86. The van der Waals surface area contributed by atoms with Crippen LogP contribution in [0, 0.1) is 5.92 Å². The van der Waals surface area contributed by atoms with E-state index in [9.17, 15) is 9.59 Å². The molecule has 0 saturated heterocycles. The zero-order chi connectivity index (χ0) is 10.8. The van der Waals surface area contributed by atoms with Crippen LogP contribution in [0.1, 0.15) is 28.8 Å². The second-order valence-electron chi connectivity index (χ2n) is 3.93. The first kappa shape index (κ1) is 9.90. The molecular formula is C12H13NO2. The summed E-state index contributed by atoms with van der Waals surface area (Å²) in [7, 11) is 0. The lowest BCUT2D eigenvalue weighted by atomic mass is 9.81. The third-order valence-electron chi connectivity index (χ3n) is 2.86. The number of hydrogen-bond acceptors (Lipinski definition) is 2. The molecular weight excluding hydrogens is 190 g/mol. The van der Waals surface area contributed by atoms with Crippen LogP contribution >= 0.6 is 0 Å². The zero-order valence-electron chi connectivity index (χ0n) is 8.40. The molecule has 0 radical (unpaired) electrons. The van der Waals surface area contributed by atoms with Crippen LogP contribution in [0.4, 0.5) is 0 Å². The van der Waals surface area contributed by atoms with E-state index in [0.29, 0.717) is 0 Å². The van der Waals surface area contributed by atoms with Gasteiger partial charge in [0.05, 0.1) is 0 Å². The molecule has 78 valence electrons. The Morgan fingerprint density at radius 1 is 1.40 bits per heavy atom. The maximum absolute atomic E-state index is 11.9. The van der Waals surface area contributed by atoms with E-state index in [4.69, 9.17) is 5.73 Å². The van der Waals surface area contributed by atoms with Crippen LogP contribution in [0.15, 0.2) is 24.3 Å². The number of ketones is 1. The van der Waals surface area contributed by atoms with E-state index in [-0.39, 0.29) is 18.1 Å². The van der Waals surface area contributed by atoms with Crippen molar-refractivity contribution in [2.24, 2.45) is 11.7 Å². The Bertz CT molecular complexity index is 412. The summed E-state index contributed by atoms with van der Waals surface area (Å²) in [5, 5.41) is 0. The normalized spacial score (nSPS) is 19.7. The number of hydrogen-bond donors (Lipinski definition) is 1. The predicted molar refractivity (Wildman–Crippen MR) is 56.4 cm³/mol. The maximum atomic E-state index is 11.9. The lowest BCUT2D eigenvalue weighted by Crippen LogP contribution is -2.27. The monoisotopic (exact) mass is 203 g/mol. The Labute approximate surface area is 88.3 Å². The van der Waals surface area contributed by atoms with E-state index in [1.807, 2.05) is 24.3 Å². The quantitative estimate of drug-likeness (QED) is 0.787. The predicted octanol–water partition coefficient (Wildman–Crippen LogP) is 1.31. The van der Waals surface area contributed by atoms with Crippen molar-refractivity contribution in [1.82, 2.24) is 0 Å². The third kappa shape index (κ3) is 1.91. The summed E-state index contributed by atoms with van der Waals surface area (Å²) in [6.45, 7) is 0. The minimum Gasteiger partial charge on any atom is -0.370 e. The average Bonchev–Trinajstić information content (AvgIpc) is 2.22. The van der Waals surface area contributed by atoms with Gasteiger partial charge >= 0.3 is 0 Å². The Kier molecular flexibility index (Phi) is 2.54. The molecule has 1 aliphatic carbocycles. The molecule has 1 aromatic rings. The molecule has 3 heteroatoms. The molecule has 1 aromatic carbocycles. The number of amides is 1. The molecule has 3 nitrogen and oxygen atoms in total. The van der Waals surface area contributed by atoms with E-state index >= 15 is 0 Å². The van der Waals surface area contributed by atoms with Crippen molar-refractivity contribution in [2.75, 3.05) is 0 Å². The molecule has 0 aromatic heterocycles. The zero-order valence-corrected chi connectivity index (χ0v) is 8.40. The second kappa shape index (κ2) is 3.85. The summed E-state index contributed by atoms with van der Waals surface area (Å²) in [5.41, 5.74) is 6.96. The van der Waals surface area contributed by atoms with Gasteiger partial charge in [0.2, 0.25) is 5.91 Å². The summed E-state index contributed by atoms with van der Waals surface area (Å²) in [6.07, 6.45) is 1.77. The van der Waals surface area contributed by atoms with Gasteiger partial charge in [0.15, 0.2) is 5.78 Å². The van der Waals surface area contributed by atoms with Gasteiger partial charge in [-0.05, 0) is 18.4 Å². The summed E-state index contributed by atoms with van der Waals surface area (Å²) in [5.74, 6) is -0.541. The SMILES string of the molecule is NC(=O)CC1CCc2ccccc2C1=O. The van der Waals surface area contributed by atoms with Crippen molar-refractivity contribution in [2.45, 2.75) is 19.3 Å². The van der Waals surface area contributed by atoms with E-state index in [0.717, 1.165) is 24.0 Å². The van der Waals surface area contributed by atoms with Gasteiger partial charge < -0.3 is 5.73 Å². The molecule has 0 heterocycles. The van der Waals surface area contributed by atoms with Crippen LogP contribution < -0.4 is 5.73 Å². The molecule has 1 atom stereocenters. The van der Waals surface area contributed by atoms with Crippen molar-refractivity contribution in [3.8, 4) is 0 Å². The lowest BCUT2D eigenvalue weighted by molar-refractivity contribution is -0.118. The molecule has 0 fully saturated rings. The van der Waals surface area contributed by atoms with E-state index in [2.05, 4.69) is 0 Å². The molecule has 0 bridgehead atoms. The number of carbonyl (C=O) groups is 2. The highest BCUT2D eigenvalue weighted by molar-refractivity contribution is 6.01. The van der Waals surface area contributed by atoms with Crippen LogP contribution in [-0.4, -0.2) is 11.7 Å². The maximum Gasteiger partial charge on any atom is 0.218 e. The van der Waals surface area contributed by atoms with Gasteiger partial charge in [-0.1, -0.05) is 24.3 Å². The molecule has 0 aliphatic heterocycles. The van der Waals surface area contributed by atoms with E-state index < -0.39 is 5.91 Å². The highest BCUT2D eigenvalue weighted by Gasteiger charge is 2.27. The van der Waals surface area contributed by atoms with Crippen LogP contribution in [0.3, 0.4) is 0 Å². The number of rotatable bonds is 2. The van der Waals surface area contributed by atoms with E-state index in [1.54, 1.807) is 0 Å².